The van der Waals surface area contributed by atoms with E-state index in [4.69, 9.17) is 10.5 Å². The summed E-state index contributed by atoms with van der Waals surface area (Å²) in [5, 5.41) is 17.1. The Morgan fingerprint density at radius 2 is 1.97 bits per heavy atom. The molecule has 5 aromatic rings. The summed E-state index contributed by atoms with van der Waals surface area (Å²) in [5.41, 5.74) is 9.51. The van der Waals surface area contributed by atoms with Crippen LogP contribution >= 0.6 is 0 Å². The number of fused-ring (bicyclic) bond motifs is 1. The second kappa shape index (κ2) is 9.55. The number of carbonyl (C=O) groups excluding carboxylic acids is 1. The average molecular weight is 508 g/mol. The fourth-order valence-corrected chi connectivity index (χ4v) is 4.42. The van der Waals surface area contributed by atoms with Crippen molar-refractivity contribution in [1.82, 2.24) is 19.3 Å². The second-order valence-corrected chi connectivity index (χ2v) is 8.52. The zero-order valence-electron chi connectivity index (χ0n) is 20.6. The number of nitrogens with one attached hydrogen (secondary N) is 1. The van der Waals surface area contributed by atoms with Crippen molar-refractivity contribution < 1.29 is 13.9 Å². The van der Waals surface area contributed by atoms with E-state index in [0.717, 1.165) is 6.08 Å². The predicted octanol–water partition coefficient (Wildman–Crippen LogP) is 5.15. The summed E-state index contributed by atoms with van der Waals surface area (Å²) < 4.78 is 24.7. The third kappa shape index (κ3) is 4.22. The minimum Gasteiger partial charge on any atom is -0.438 e. The summed E-state index contributed by atoms with van der Waals surface area (Å²) in [5.74, 6) is 0.197. The Hall–Kier alpha value is -5.43. The van der Waals surface area contributed by atoms with E-state index in [-0.39, 0.29) is 17.1 Å². The van der Waals surface area contributed by atoms with Gasteiger partial charge in [0.15, 0.2) is 0 Å². The molecule has 38 heavy (non-hydrogen) atoms. The van der Waals surface area contributed by atoms with Gasteiger partial charge in [-0.05, 0) is 42.0 Å². The van der Waals surface area contributed by atoms with E-state index in [1.807, 2.05) is 12.1 Å². The lowest BCUT2D eigenvalue weighted by atomic mass is 9.97. The van der Waals surface area contributed by atoms with Gasteiger partial charge >= 0.3 is 0 Å². The standard InChI is InChI=1S/C28H22FN7O2/c1-4-22(37)33-18-7-10-20(21(29)13-18)27-24(25-26(36(27)3)17(14-30)15-32-28(25)31)16-5-8-19(9-6-16)38-23-11-12-35(2)34-23/h4-13,15H,1H2,2-3H3,(H2,31,32)(H,33,37). The second-order valence-electron chi connectivity index (χ2n) is 8.52. The van der Waals surface area contributed by atoms with Crippen LogP contribution in [0.25, 0.3) is 33.3 Å². The fraction of sp³-hybridized carbons (Fsp3) is 0.0714. The van der Waals surface area contributed by atoms with Gasteiger partial charge in [0.2, 0.25) is 11.8 Å². The number of nitrogens with zero attached hydrogens (tertiary/aromatic N) is 5. The number of nitrogens with two attached hydrogens (primary N) is 1. The number of hydrogen-bond acceptors (Lipinski definition) is 6. The molecule has 0 aliphatic carbocycles. The van der Waals surface area contributed by atoms with Gasteiger partial charge in [-0.25, -0.2) is 9.37 Å². The number of rotatable bonds is 6. The molecule has 9 nitrogen and oxygen atoms in total. The van der Waals surface area contributed by atoms with Gasteiger partial charge < -0.3 is 20.4 Å². The van der Waals surface area contributed by atoms with Crippen molar-refractivity contribution in [3.63, 3.8) is 0 Å². The predicted molar refractivity (Wildman–Crippen MR) is 143 cm³/mol. The molecule has 5 rings (SSSR count). The molecule has 0 aliphatic heterocycles. The van der Waals surface area contributed by atoms with Crippen LogP contribution in [0.3, 0.4) is 0 Å². The molecule has 3 aromatic heterocycles. The smallest absolute Gasteiger partial charge is 0.247 e. The van der Waals surface area contributed by atoms with Crippen molar-refractivity contribution in [2.75, 3.05) is 11.1 Å². The molecule has 0 fully saturated rings. The van der Waals surface area contributed by atoms with Crippen molar-refractivity contribution in [2.24, 2.45) is 14.1 Å². The van der Waals surface area contributed by atoms with Gasteiger partial charge in [-0.15, -0.1) is 5.10 Å². The fourth-order valence-electron chi connectivity index (χ4n) is 4.42. The summed E-state index contributed by atoms with van der Waals surface area (Å²) in [6.45, 7) is 3.41. The number of aryl methyl sites for hydroxylation is 2. The Morgan fingerprint density at radius 3 is 2.61 bits per heavy atom. The molecule has 10 heteroatoms. The number of nitriles is 1. The molecule has 0 radical (unpaired) electrons. The number of pyridine rings is 1. The van der Waals surface area contributed by atoms with Crippen LogP contribution in [0.4, 0.5) is 15.9 Å². The van der Waals surface area contributed by atoms with Crippen molar-refractivity contribution >= 4 is 28.3 Å². The van der Waals surface area contributed by atoms with Crippen molar-refractivity contribution in [3.05, 3.63) is 85.0 Å². The van der Waals surface area contributed by atoms with Crippen molar-refractivity contribution in [1.29, 1.82) is 5.26 Å². The van der Waals surface area contributed by atoms with Crippen LogP contribution in [-0.2, 0) is 18.9 Å². The highest BCUT2D eigenvalue weighted by Gasteiger charge is 2.25. The molecule has 0 saturated heterocycles. The largest absolute Gasteiger partial charge is 0.438 e. The number of carbonyl (C=O) groups is 1. The lowest BCUT2D eigenvalue weighted by molar-refractivity contribution is -0.111. The molecule has 2 aromatic carbocycles. The number of anilines is 2. The molecule has 0 atom stereocenters. The van der Waals surface area contributed by atoms with Crippen molar-refractivity contribution in [3.8, 4) is 40.1 Å². The van der Waals surface area contributed by atoms with Crippen molar-refractivity contribution in [2.45, 2.75) is 0 Å². The number of nitrogen functional groups attached to an aromatic ring is 1. The van der Waals surface area contributed by atoms with Crippen LogP contribution < -0.4 is 15.8 Å². The van der Waals surface area contributed by atoms with E-state index >= 15 is 4.39 Å². The number of amides is 1. The maximum atomic E-state index is 15.6. The average Bonchev–Trinajstić information content (AvgIpc) is 3.45. The van der Waals surface area contributed by atoms with E-state index in [2.05, 4.69) is 28.0 Å². The summed E-state index contributed by atoms with van der Waals surface area (Å²) >= 11 is 0. The first kappa shape index (κ1) is 24.3. The Kier molecular flexibility index (Phi) is 6.10. The number of ether oxygens (including phenoxy) is 1. The lowest BCUT2D eigenvalue weighted by Crippen LogP contribution is -2.07. The summed E-state index contributed by atoms with van der Waals surface area (Å²) in [6.07, 6.45) is 4.28. The highest BCUT2D eigenvalue weighted by molar-refractivity contribution is 6.11. The molecule has 3 N–H and O–H groups in total. The molecule has 0 saturated carbocycles. The Balaban J connectivity index is 1.70. The summed E-state index contributed by atoms with van der Waals surface area (Å²) in [7, 11) is 3.54. The molecule has 0 bridgehead atoms. The molecule has 0 unspecified atom stereocenters. The SMILES string of the molecule is C=CC(=O)Nc1ccc(-c2c(-c3ccc(Oc4ccn(C)n4)cc3)c3c(N)ncc(C#N)c3n2C)c(F)c1. The Morgan fingerprint density at radius 1 is 1.21 bits per heavy atom. The van der Waals surface area contributed by atoms with E-state index in [0.29, 0.717) is 44.9 Å². The first-order valence-corrected chi connectivity index (χ1v) is 11.5. The minimum atomic E-state index is -0.570. The van der Waals surface area contributed by atoms with Crippen LogP contribution in [-0.4, -0.2) is 25.2 Å². The van der Waals surface area contributed by atoms with Crippen LogP contribution in [0.15, 0.2) is 73.6 Å². The molecular formula is C28H22FN7O2. The highest BCUT2D eigenvalue weighted by Crippen LogP contribution is 2.44. The zero-order valence-corrected chi connectivity index (χ0v) is 20.6. The van der Waals surface area contributed by atoms with Gasteiger partial charge in [0, 0.05) is 49.4 Å². The minimum absolute atomic E-state index is 0.208. The zero-order chi connectivity index (χ0) is 27.0. The molecular weight excluding hydrogens is 485 g/mol. The first-order valence-electron chi connectivity index (χ1n) is 11.5. The molecule has 3 heterocycles. The molecule has 0 aliphatic rings. The quantitative estimate of drug-likeness (QED) is 0.306. The van der Waals surface area contributed by atoms with Crippen LogP contribution in [0, 0.1) is 17.1 Å². The van der Waals surface area contributed by atoms with Gasteiger partial charge in [0.05, 0.1) is 22.2 Å². The van der Waals surface area contributed by atoms with Gasteiger partial charge in [-0.2, -0.15) is 5.26 Å². The maximum absolute atomic E-state index is 15.6. The first-order chi connectivity index (χ1) is 18.3. The maximum Gasteiger partial charge on any atom is 0.247 e. The number of aromatic nitrogens is 4. The van der Waals surface area contributed by atoms with E-state index in [1.165, 1.54) is 12.3 Å². The van der Waals surface area contributed by atoms with Gasteiger partial charge in [-0.1, -0.05) is 18.7 Å². The number of benzene rings is 2. The van der Waals surface area contributed by atoms with Gasteiger partial charge in [0.25, 0.3) is 0 Å². The normalized spacial score (nSPS) is 10.8. The van der Waals surface area contributed by atoms with E-state index in [1.54, 1.807) is 59.9 Å². The van der Waals surface area contributed by atoms with E-state index < -0.39 is 11.7 Å². The number of hydrogen-bond donors (Lipinski definition) is 2. The van der Waals surface area contributed by atoms with Crippen LogP contribution in [0.5, 0.6) is 11.6 Å². The van der Waals surface area contributed by atoms with Gasteiger partial charge in [-0.3, -0.25) is 9.48 Å². The summed E-state index contributed by atoms with van der Waals surface area (Å²) in [6, 6.07) is 15.5. The highest BCUT2D eigenvalue weighted by atomic mass is 19.1. The summed E-state index contributed by atoms with van der Waals surface area (Å²) in [4.78, 5) is 15.9. The van der Waals surface area contributed by atoms with E-state index in [9.17, 15) is 10.1 Å². The van der Waals surface area contributed by atoms with Crippen LogP contribution in [0.1, 0.15) is 5.56 Å². The monoisotopic (exact) mass is 507 g/mol. The molecule has 0 spiro atoms. The third-order valence-electron chi connectivity index (χ3n) is 6.09. The van der Waals surface area contributed by atoms with Crippen LogP contribution in [0.2, 0.25) is 0 Å². The topological polar surface area (TPSA) is 124 Å². The number of halogens is 1. The lowest BCUT2D eigenvalue weighted by Gasteiger charge is -2.12. The Bertz CT molecular complexity index is 1760. The molecule has 188 valence electrons. The molecule has 1 amide bonds. The third-order valence-corrected chi connectivity index (χ3v) is 6.09. The van der Waals surface area contributed by atoms with Gasteiger partial charge in [0.1, 0.15) is 23.5 Å². The Labute approximate surface area is 217 Å².